The van der Waals surface area contributed by atoms with E-state index in [-0.39, 0.29) is 5.91 Å². The number of amides is 1. The molecule has 1 heterocycles. The first-order chi connectivity index (χ1) is 10.1. The van der Waals surface area contributed by atoms with Gasteiger partial charge in [0, 0.05) is 5.56 Å². The quantitative estimate of drug-likeness (QED) is 0.773. The van der Waals surface area contributed by atoms with E-state index >= 15 is 0 Å². The number of para-hydroxylation sites is 2. The maximum absolute atomic E-state index is 12.3. The van der Waals surface area contributed by atoms with Gasteiger partial charge in [-0.1, -0.05) is 30.3 Å². The van der Waals surface area contributed by atoms with Crippen LogP contribution in [0.2, 0.25) is 0 Å². The molecule has 0 fully saturated rings. The summed E-state index contributed by atoms with van der Waals surface area (Å²) in [6.45, 7) is 3.87. The Morgan fingerprint density at radius 2 is 1.71 bits per heavy atom. The maximum Gasteiger partial charge on any atom is 0.252 e. The lowest BCUT2D eigenvalue weighted by Crippen LogP contribution is -2.41. The third-order valence-corrected chi connectivity index (χ3v) is 3.44. The summed E-state index contributed by atoms with van der Waals surface area (Å²) in [6.07, 6.45) is 0. The molecule has 4 heteroatoms. The lowest BCUT2D eigenvalue weighted by molar-refractivity contribution is 0.0909. The zero-order valence-electron chi connectivity index (χ0n) is 12.1. The van der Waals surface area contributed by atoms with E-state index in [1.165, 1.54) is 0 Å². The number of H-pyrrole nitrogens is 1. The molecule has 4 nitrogen and oxygen atoms in total. The standard InChI is InChI=1S/C17H17N3O/c1-17(2,20-15(21)12-8-4-3-5-9-12)16-18-13-10-6-7-11-14(13)19-16/h3-11H,1-2H3,(H,18,19)(H,20,21). The molecule has 0 atom stereocenters. The molecule has 3 rings (SSSR count). The summed E-state index contributed by atoms with van der Waals surface area (Å²) in [7, 11) is 0. The van der Waals surface area contributed by atoms with Crippen molar-refractivity contribution < 1.29 is 4.79 Å². The number of aromatic amines is 1. The largest absolute Gasteiger partial charge is 0.340 e. The SMILES string of the molecule is CC(C)(NC(=O)c1ccccc1)c1nc2ccccc2[nH]1. The molecule has 0 saturated carbocycles. The van der Waals surface area contributed by atoms with Crippen LogP contribution in [0.15, 0.2) is 54.6 Å². The highest BCUT2D eigenvalue weighted by Gasteiger charge is 2.26. The number of imidazole rings is 1. The molecule has 1 amide bonds. The van der Waals surface area contributed by atoms with E-state index in [1.807, 2.05) is 56.3 Å². The summed E-state index contributed by atoms with van der Waals surface area (Å²) < 4.78 is 0. The van der Waals surface area contributed by atoms with Crippen LogP contribution in [0.5, 0.6) is 0 Å². The molecule has 0 spiro atoms. The lowest BCUT2D eigenvalue weighted by Gasteiger charge is -2.24. The van der Waals surface area contributed by atoms with Gasteiger partial charge in [0.2, 0.25) is 0 Å². The van der Waals surface area contributed by atoms with Crippen LogP contribution in [0.3, 0.4) is 0 Å². The Morgan fingerprint density at radius 1 is 1.05 bits per heavy atom. The predicted molar refractivity (Wildman–Crippen MR) is 83.0 cm³/mol. The average Bonchev–Trinajstić information content (AvgIpc) is 2.92. The molecule has 0 aliphatic heterocycles. The Bertz CT molecular complexity index is 742. The van der Waals surface area contributed by atoms with Crippen molar-refractivity contribution in [3.63, 3.8) is 0 Å². The number of rotatable bonds is 3. The van der Waals surface area contributed by atoms with E-state index in [0.717, 1.165) is 16.9 Å². The molecular formula is C17H17N3O. The number of hydrogen-bond acceptors (Lipinski definition) is 2. The van der Waals surface area contributed by atoms with Gasteiger partial charge < -0.3 is 10.3 Å². The summed E-state index contributed by atoms with van der Waals surface area (Å²) >= 11 is 0. The smallest absolute Gasteiger partial charge is 0.252 e. The highest BCUT2D eigenvalue weighted by Crippen LogP contribution is 2.21. The van der Waals surface area contributed by atoms with Crippen molar-refractivity contribution in [3.05, 3.63) is 66.0 Å². The van der Waals surface area contributed by atoms with E-state index in [4.69, 9.17) is 0 Å². The van der Waals surface area contributed by atoms with Crippen LogP contribution < -0.4 is 5.32 Å². The Labute approximate surface area is 123 Å². The second-order valence-corrected chi connectivity index (χ2v) is 5.55. The Morgan fingerprint density at radius 3 is 2.43 bits per heavy atom. The number of carbonyl (C=O) groups is 1. The average molecular weight is 279 g/mol. The van der Waals surface area contributed by atoms with E-state index < -0.39 is 5.54 Å². The van der Waals surface area contributed by atoms with Gasteiger partial charge in [-0.3, -0.25) is 4.79 Å². The third-order valence-electron chi connectivity index (χ3n) is 3.44. The number of fused-ring (bicyclic) bond motifs is 1. The van der Waals surface area contributed by atoms with Gasteiger partial charge in [-0.05, 0) is 38.1 Å². The van der Waals surface area contributed by atoms with Crippen LogP contribution >= 0.6 is 0 Å². The summed E-state index contributed by atoms with van der Waals surface area (Å²) in [4.78, 5) is 20.1. The van der Waals surface area contributed by atoms with Crippen molar-refractivity contribution in [1.29, 1.82) is 0 Å². The molecule has 106 valence electrons. The van der Waals surface area contributed by atoms with Gasteiger partial charge in [-0.2, -0.15) is 0 Å². The van der Waals surface area contributed by atoms with E-state index in [0.29, 0.717) is 5.56 Å². The number of benzene rings is 2. The van der Waals surface area contributed by atoms with Gasteiger partial charge in [0.25, 0.3) is 5.91 Å². The normalized spacial score (nSPS) is 11.5. The number of carbonyl (C=O) groups excluding carboxylic acids is 1. The van der Waals surface area contributed by atoms with E-state index in [9.17, 15) is 4.79 Å². The Hall–Kier alpha value is -2.62. The van der Waals surface area contributed by atoms with Crippen molar-refractivity contribution >= 4 is 16.9 Å². The van der Waals surface area contributed by atoms with Gasteiger partial charge in [-0.25, -0.2) is 4.98 Å². The van der Waals surface area contributed by atoms with Crippen LogP contribution in [0.25, 0.3) is 11.0 Å². The Balaban J connectivity index is 1.88. The molecule has 1 aromatic heterocycles. The molecule has 2 N–H and O–H groups in total. The zero-order valence-corrected chi connectivity index (χ0v) is 12.1. The van der Waals surface area contributed by atoms with Gasteiger partial charge in [0.1, 0.15) is 5.82 Å². The highest BCUT2D eigenvalue weighted by atomic mass is 16.1. The molecule has 0 bridgehead atoms. The van der Waals surface area contributed by atoms with Gasteiger partial charge in [0.15, 0.2) is 0 Å². The monoisotopic (exact) mass is 279 g/mol. The first-order valence-corrected chi connectivity index (χ1v) is 6.89. The first kappa shape index (κ1) is 13.4. The second-order valence-electron chi connectivity index (χ2n) is 5.55. The molecule has 0 aliphatic carbocycles. The first-order valence-electron chi connectivity index (χ1n) is 6.89. The summed E-state index contributed by atoms with van der Waals surface area (Å²) in [5.74, 6) is 0.633. The number of nitrogens with one attached hydrogen (secondary N) is 2. The fourth-order valence-corrected chi connectivity index (χ4v) is 2.25. The van der Waals surface area contributed by atoms with Crippen molar-refractivity contribution in [3.8, 4) is 0 Å². The molecule has 0 aliphatic rings. The second kappa shape index (κ2) is 5.05. The molecule has 0 unspecified atom stereocenters. The molecule has 21 heavy (non-hydrogen) atoms. The summed E-state index contributed by atoms with van der Waals surface area (Å²) in [5, 5.41) is 3.02. The van der Waals surface area contributed by atoms with Crippen LogP contribution in [0, 0.1) is 0 Å². The molecule has 0 radical (unpaired) electrons. The minimum Gasteiger partial charge on any atom is -0.340 e. The summed E-state index contributed by atoms with van der Waals surface area (Å²) in [5.41, 5.74) is 1.93. The van der Waals surface area contributed by atoms with Crippen molar-refractivity contribution in [2.75, 3.05) is 0 Å². The Kier molecular flexibility index (Phi) is 3.22. The molecule has 3 aromatic rings. The van der Waals surface area contributed by atoms with Gasteiger partial charge >= 0.3 is 0 Å². The van der Waals surface area contributed by atoms with Crippen LogP contribution in [-0.2, 0) is 5.54 Å². The zero-order chi connectivity index (χ0) is 14.9. The van der Waals surface area contributed by atoms with Crippen LogP contribution in [0.4, 0.5) is 0 Å². The third kappa shape index (κ3) is 2.65. The predicted octanol–water partition coefficient (Wildman–Crippen LogP) is 3.23. The minimum absolute atomic E-state index is 0.110. The van der Waals surface area contributed by atoms with E-state index in [1.54, 1.807) is 12.1 Å². The summed E-state index contributed by atoms with van der Waals surface area (Å²) in [6, 6.07) is 17.0. The number of nitrogens with zero attached hydrogens (tertiary/aromatic N) is 1. The fraction of sp³-hybridized carbons (Fsp3) is 0.176. The van der Waals surface area contributed by atoms with Crippen LogP contribution in [-0.4, -0.2) is 15.9 Å². The molecular weight excluding hydrogens is 262 g/mol. The number of hydrogen-bond donors (Lipinski definition) is 2. The van der Waals surface area contributed by atoms with Crippen molar-refractivity contribution in [2.45, 2.75) is 19.4 Å². The van der Waals surface area contributed by atoms with Crippen LogP contribution in [0.1, 0.15) is 30.0 Å². The fourth-order valence-electron chi connectivity index (χ4n) is 2.25. The topological polar surface area (TPSA) is 57.8 Å². The maximum atomic E-state index is 12.3. The molecule has 2 aromatic carbocycles. The van der Waals surface area contributed by atoms with Gasteiger partial charge in [-0.15, -0.1) is 0 Å². The van der Waals surface area contributed by atoms with Gasteiger partial charge in [0.05, 0.1) is 16.6 Å². The van der Waals surface area contributed by atoms with Crippen molar-refractivity contribution in [2.24, 2.45) is 0 Å². The minimum atomic E-state index is -0.577. The lowest BCUT2D eigenvalue weighted by atomic mass is 10.0. The van der Waals surface area contributed by atoms with E-state index in [2.05, 4.69) is 15.3 Å². The highest BCUT2D eigenvalue weighted by molar-refractivity contribution is 5.94. The molecule has 0 saturated heterocycles. The number of aromatic nitrogens is 2. The van der Waals surface area contributed by atoms with Crippen molar-refractivity contribution in [1.82, 2.24) is 15.3 Å².